The van der Waals surface area contributed by atoms with E-state index in [0.717, 1.165) is 16.6 Å². The van der Waals surface area contributed by atoms with E-state index < -0.39 is 11.1 Å². The molecule has 4 heteroatoms. The Labute approximate surface area is 86.4 Å². The van der Waals surface area contributed by atoms with Gasteiger partial charge in [0.25, 0.3) is 0 Å². The lowest BCUT2D eigenvalue weighted by Gasteiger charge is -2.08. The summed E-state index contributed by atoms with van der Waals surface area (Å²) in [7, 11) is 3.23. The van der Waals surface area contributed by atoms with Gasteiger partial charge in [0.1, 0.15) is 0 Å². The van der Waals surface area contributed by atoms with Crippen molar-refractivity contribution in [2.24, 2.45) is 14.1 Å². The first kappa shape index (κ1) is 9.71. The molecule has 15 heavy (non-hydrogen) atoms. The summed E-state index contributed by atoms with van der Waals surface area (Å²) < 4.78 is 2.78. The summed E-state index contributed by atoms with van der Waals surface area (Å²) in [6, 6.07) is 5.67. The average Bonchev–Trinajstić information content (AvgIpc) is 2.23. The van der Waals surface area contributed by atoms with Crippen LogP contribution < -0.4 is 11.1 Å². The molecule has 0 aliphatic carbocycles. The molecule has 4 nitrogen and oxygen atoms in total. The smallest absolute Gasteiger partial charge is 0.305 e. The van der Waals surface area contributed by atoms with Crippen LogP contribution in [0.2, 0.25) is 0 Å². The fraction of sp³-hybridized carbons (Fsp3) is 0.273. The molecule has 2 rings (SSSR count). The molecule has 0 N–H and O–H groups in total. The lowest BCUT2D eigenvalue weighted by molar-refractivity contribution is 0.798. The summed E-state index contributed by atoms with van der Waals surface area (Å²) in [6.07, 6.45) is 0. The van der Waals surface area contributed by atoms with Gasteiger partial charge in [0.15, 0.2) is 0 Å². The number of hydrogen-bond donors (Lipinski definition) is 0. The van der Waals surface area contributed by atoms with E-state index in [1.165, 1.54) is 9.13 Å². The van der Waals surface area contributed by atoms with Gasteiger partial charge in [-0.15, -0.1) is 0 Å². The highest BCUT2D eigenvalue weighted by molar-refractivity contribution is 5.75. The van der Waals surface area contributed by atoms with E-state index in [-0.39, 0.29) is 0 Å². The fourth-order valence-electron chi connectivity index (χ4n) is 1.69. The van der Waals surface area contributed by atoms with Crippen LogP contribution in [-0.4, -0.2) is 9.13 Å². The van der Waals surface area contributed by atoms with Crippen molar-refractivity contribution in [2.45, 2.75) is 6.92 Å². The predicted molar refractivity (Wildman–Crippen MR) is 59.2 cm³/mol. The second-order valence-electron chi connectivity index (χ2n) is 3.72. The summed E-state index contributed by atoms with van der Waals surface area (Å²) in [6.45, 7) is 1.95. The molecule has 0 radical (unpaired) electrons. The number of nitrogens with zero attached hydrogens (tertiary/aromatic N) is 2. The van der Waals surface area contributed by atoms with Gasteiger partial charge in [-0.2, -0.15) is 0 Å². The van der Waals surface area contributed by atoms with E-state index in [2.05, 4.69) is 0 Å². The van der Waals surface area contributed by atoms with Crippen molar-refractivity contribution in [1.82, 2.24) is 9.13 Å². The van der Waals surface area contributed by atoms with Crippen LogP contribution in [0.25, 0.3) is 11.0 Å². The summed E-state index contributed by atoms with van der Waals surface area (Å²) >= 11 is 0. The third kappa shape index (κ3) is 1.29. The maximum atomic E-state index is 11.5. The Morgan fingerprint density at radius 3 is 2.07 bits per heavy atom. The molecule has 0 saturated carbocycles. The van der Waals surface area contributed by atoms with Crippen molar-refractivity contribution >= 4 is 11.0 Å². The Morgan fingerprint density at radius 2 is 1.47 bits per heavy atom. The summed E-state index contributed by atoms with van der Waals surface area (Å²) in [4.78, 5) is 23.1. The molecule has 0 aliphatic heterocycles. The monoisotopic (exact) mass is 204 g/mol. The highest BCUT2D eigenvalue weighted by Gasteiger charge is 2.07. The van der Waals surface area contributed by atoms with Crippen molar-refractivity contribution in [3.8, 4) is 0 Å². The highest BCUT2D eigenvalue weighted by Crippen LogP contribution is 2.11. The first-order valence-corrected chi connectivity index (χ1v) is 4.69. The van der Waals surface area contributed by atoms with Gasteiger partial charge in [-0.25, -0.2) is 0 Å². The highest BCUT2D eigenvalue weighted by atomic mass is 16.2. The van der Waals surface area contributed by atoms with E-state index in [0.29, 0.717) is 0 Å². The molecule has 0 saturated heterocycles. The van der Waals surface area contributed by atoms with E-state index in [9.17, 15) is 9.59 Å². The number of hydrogen-bond acceptors (Lipinski definition) is 2. The number of rotatable bonds is 0. The zero-order chi connectivity index (χ0) is 11.2. The molecule has 1 aromatic carbocycles. The van der Waals surface area contributed by atoms with Gasteiger partial charge < -0.3 is 9.13 Å². The lowest BCUT2D eigenvalue weighted by Crippen LogP contribution is -2.39. The van der Waals surface area contributed by atoms with Crippen molar-refractivity contribution in [3.63, 3.8) is 0 Å². The Balaban J connectivity index is 3.15. The maximum Gasteiger partial charge on any atom is 0.316 e. The number of aromatic nitrogens is 2. The Bertz CT molecular complexity index is 650. The zero-order valence-corrected chi connectivity index (χ0v) is 8.94. The standard InChI is InChI=1S/C11H12N2O2/c1-7-4-5-8-9(6-7)13(3)11(15)10(14)12(8)2/h4-6H,1-3H3. The first-order chi connectivity index (χ1) is 7.02. The second-order valence-corrected chi connectivity index (χ2v) is 3.72. The van der Waals surface area contributed by atoms with E-state index >= 15 is 0 Å². The van der Waals surface area contributed by atoms with Gasteiger partial charge in [0, 0.05) is 14.1 Å². The number of aryl methyl sites for hydroxylation is 3. The van der Waals surface area contributed by atoms with Crippen LogP contribution >= 0.6 is 0 Å². The van der Waals surface area contributed by atoms with Crippen molar-refractivity contribution in [1.29, 1.82) is 0 Å². The molecule has 0 bridgehead atoms. The molecule has 0 fully saturated rings. The van der Waals surface area contributed by atoms with Crippen LogP contribution in [0, 0.1) is 6.92 Å². The predicted octanol–water partition coefficient (Wildman–Crippen LogP) is 0.546. The quantitative estimate of drug-likeness (QED) is 0.588. The molecule has 1 heterocycles. The SMILES string of the molecule is Cc1ccc2c(c1)n(C)c(=O)c(=O)n2C. The largest absolute Gasteiger partial charge is 0.316 e. The Hall–Kier alpha value is -1.84. The van der Waals surface area contributed by atoms with Gasteiger partial charge >= 0.3 is 11.1 Å². The van der Waals surface area contributed by atoms with Gasteiger partial charge in [-0.05, 0) is 24.6 Å². The zero-order valence-electron chi connectivity index (χ0n) is 8.94. The minimum Gasteiger partial charge on any atom is -0.305 e. The van der Waals surface area contributed by atoms with Crippen LogP contribution in [0.15, 0.2) is 27.8 Å². The summed E-state index contributed by atoms with van der Waals surface area (Å²) in [5, 5.41) is 0. The van der Waals surface area contributed by atoms with Crippen LogP contribution in [0.4, 0.5) is 0 Å². The molecule has 1 aromatic heterocycles. The van der Waals surface area contributed by atoms with Crippen molar-refractivity contribution in [3.05, 3.63) is 44.5 Å². The maximum absolute atomic E-state index is 11.5. The third-order valence-corrected chi connectivity index (χ3v) is 2.65. The fourth-order valence-corrected chi connectivity index (χ4v) is 1.69. The van der Waals surface area contributed by atoms with Gasteiger partial charge in [0.2, 0.25) is 0 Å². The minimum atomic E-state index is -0.492. The van der Waals surface area contributed by atoms with Gasteiger partial charge in [-0.1, -0.05) is 6.07 Å². The molecular weight excluding hydrogens is 192 g/mol. The van der Waals surface area contributed by atoms with Gasteiger partial charge in [0.05, 0.1) is 11.0 Å². The van der Waals surface area contributed by atoms with Crippen LogP contribution in [0.1, 0.15) is 5.56 Å². The van der Waals surface area contributed by atoms with Crippen LogP contribution in [0.5, 0.6) is 0 Å². The first-order valence-electron chi connectivity index (χ1n) is 4.69. The minimum absolute atomic E-state index is 0.490. The van der Waals surface area contributed by atoms with Crippen molar-refractivity contribution in [2.75, 3.05) is 0 Å². The molecular formula is C11H12N2O2. The Morgan fingerprint density at radius 1 is 0.933 bits per heavy atom. The molecule has 0 unspecified atom stereocenters. The average molecular weight is 204 g/mol. The van der Waals surface area contributed by atoms with Crippen LogP contribution in [-0.2, 0) is 14.1 Å². The number of benzene rings is 1. The van der Waals surface area contributed by atoms with E-state index in [1.807, 2.05) is 25.1 Å². The van der Waals surface area contributed by atoms with Crippen molar-refractivity contribution < 1.29 is 0 Å². The van der Waals surface area contributed by atoms with E-state index in [1.54, 1.807) is 14.1 Å². The normalized spacial score (nSPS) is 10.9. The molecule has 0 aliphatic rings. The summed E-state index contributed by atoms with van der Waals surface area (Å²) in [5.41, 5.74) is 1.63. The molecule has 0 spiro atoms. The van der Waals surface area contributed by atoms with Crippen LogP contribution in [0.3, 0.4) is 0 Å². The topological polar surface area (TPSA) is 44.0 Å². The Kier molecular flexibility index (Phi) is 2.00. The lowest BCUT2D eigenvalue weighted by atomic mass is 10.2. The molecule has 0 atom stereocenters. The molecule has 0 amide bonds. The van der Waals surface area contributed by atoms with E-state index in [4.69, 9.17) is 0 Å². The molecule has 78 valence electrons. The molecule has 2 aromatic rings. The number of fused-ring (bicyclic) bond motifs is 1. The third-order valence-electron chi connectivity index (χ3n) is 2.65. The summed E-state index contributed by atoms with van der Waals surface area (Å²) in [5.74, 6) is 0. The van der Waals surface area contributed by atoms with Gasteiger partial charge in [-0.3, -0.25) is 9.59 Å². The second kappa shape index (κ2) is 3.08.